The van der Waals surface area contributed by atoms with E-state index in [0.29, 0.717) is 0 Å². The summed E-state index contributed by atoms with van der Waals surface area (Å²) in [5, 5.41) is 0. The van der Waals surface area contributed by atoms with Crippen molar-refractivity contribution in [3.63, 3.8) is 0 Å². The van der Waals surface area contributed by atoms with Crippen LogP contribution >= 0.6 is 0 Å². The minimum atomic E-state index is -1.30. The first kappa shape index (κ1) is 5.34. The van der Waals surface area contributed by atoms with E-state index in [1.54, 1.807) is 6.08 Å². The fraction of sp³-hybridized carbons (Fsp3) is 0.333. The molecule has 1 nitrogen and oxygen atoms in total. The van der Waals surface area contributed by atoms with Gasteiger partial charge in [0, 0.05) is 0 Å². The van der Waals surface area contributed by atoms with Gasteiger partial charge in [0.1, 0.15) is 0 Å². The van der Waals surface area contributed by atoms with E-state index in [-0.39, 0.29) is 0 Å². The standard InChI is InChI=1S/C3H5.O.Sn.H/c1-3-2;;;/h3H,1-2H2;;;. The summed E-state index contributed by atoms with van der Waals surface area (Å²) in [6.45, 7) is 3.40. The Morgan fingerprint density at radius 3 is 2.60 bits per heavy atom. The molecule has 0 aliphatic rings. The molecule has 0 unspecified atom stereocenters. The topological polar surface area (TPSA) is 17.1 Å². The molecule has 0 aromatic carbocycles. The molecule has 0 bridgehead atoms. The van der Waals surface area contributed by atoms with Crippen LogP contribution in [-0.2, 0) is 3.08 Å². The molecule has 0 rings (SSSR count). The molecule has 0 fully saturated rings. The predicted octanol–water partition coefficient (Wildman–Crippen LogP) is 0.373. The molecule has 0 spiro atoms. The third-order valence-electron chi connectivity index (χ3n) is 0.263. The number of hydrogen-bond acceptors (Lipinski definition) is 1. The quantitative estimate of drug-likeness (QED) is 0.439. The summed E-state index contributed by atoms with van der Waals surface area (Å²) in [5.74, 6) is 0. The van der Waals surface area contributed by atoms with Crippen molar-refractivity contribution >= 4 is 21.1 Å². The average molecular weight is 177 g/mol. The van der Waals surface area contributed by atoms with Crippen LogP contribution in [0, 0.1) is 0 Å². The van der Waals surface area contributed by atoms with Crippen LogP contribution in [0.1, 0.15) is 0 Å². The van der Waals surface area contributed by atoms with Crippen molar-refractivity contribution in [2.45, 2.75) is 4.44 Å². The Bertz CT molecular complexity index is 36.2. The molecule has 0 aromatic heterocycles. The molecule has 0 atom stereocenters. The summed E-state index contributed by atoms with van der Waals surface area (Å²) in [5.41, 5.74) is 0. The van der Waals surface area contributed by atoms with E-state index in [9.17, 15) is 3.08 Å². The SMILES string of the molecule is C=C[CH2][SnH]=[O]. The molecule has 5 heavy (non-hydrogen) atoms. The van der Waals surface area contributed by atoms with Gasteiger partial charge in [0.15, 0.2) is 0 Å². The van der Waals surface area contributed by atoms with Crippen molar-refractivity contribution in [2.24, 2.45) is 0 Å². The van der Waals surface area contributed by atoms with Crippen LogP contribution in [0.5, 0.6) is 0 Å². The van der Waals surface area contributed by atoms with Gasteiger partial charge in [-0.25, -0.2) is 0 Å². The predicted molar refractivity (Wildman–Crippen MR) is 22.8 cm³/mol. The zero-order chi connectivity index (χ0) is 4.12. The molecule has 0 saturated heterocycles. The summed E-state index contributed by atoms with van der Waals surface area (Å²) in [7, 11) is 0. The van der Waals surface area contributed by atoms with Gasteiger partial charge in [-0.15, -0.1) is 0 Å². The van der Waals surface area contributed by atoms with Crippen LogP contribution in [0.15, 0.2) is 12.7 Å². The fourth-order valence-corrected chi connectivity index (χ4v) is 0.456. The molecule has 0 amide bonds. The van der Waals surface area contributed by atoms with Gasteiger partial charge in [0.05, 0.1) is 0 Å². The normalized spacial score (nSPS) is 6.40. The van der Waals surface area contributed by atoms with Gasteiger partial charge in [-0.3, -0.25) is 0 Å². The molecule has 28 valence electrons. The van der Waals surface area contributed by atoms with Crippen LogP contribution in [0.4, 0.5) is 0 Å². The zero-order valence-corrected chi connectivity index (χ0v) is 6.27. The van der Waals surface area contributed by atoms with E-state index in [2.05, 4.69) is 6.58 Å². The first-order valence-corrected chi connectivity index (χ1v) is 5.14. The Labute approximate surface area is 41.7 Å². The Morgan fingerprint density at radius 2 is 2.60 bits per heavy atom. The second kappa shape index (κ2) is 4.34. The van der Waals surface area contributed by atoms with E-state index >= 15 is 0 Å². The number of rotatable bonds is 2. The van der Waals surface area contributed by atoms with Gasteiger partial charge < -0.3 is 0 Å². The number of hydrogen-bond donors (Lipinski definition) is 0. The van der Waals surface area contributed by atoms with E-state index in [0.717, 1.165) is 4.44 Å². The molecule has 0 saturated carbocycles. The van der Waals surface area contributed by atoms with Crippen molar-refractivity contribution in [3.8, 4) is 0 Å². The first-order valence-electron chi connectivity index (χ1n) is 1.46. The second-order valence-electron chi connectivity index (χ2n) is 0.691. The van der Waals surface area contributed by atoms with E-state index in [1.807, 2.05) is 0 Å². The van der Waals surface area contributed by atoms with Crippen molar-refractivity contribution < 1.29 is 3.08 Å². The van der Waals surface area contributed by atoms with E-state index < -0.39 is 21.1 Å². The van der Waals surface area contributed by atoms with Gasteiger partial charge >= 0.3 is 41.3 Å². The van der Waals surface area contributed by atoms with E-state index in [4.69, 9.17) is 0 Å². The molecule has 2 heteroatoms. The first-order chi connectivity index (χ1) is 2.41. The summed E-state index contributed by atoms with van der Waals surface area (Å²) >= 11 is -1.30. The average Bonchev–Trinajstić information content (AvgIpc) is 1.41. The monoisotopic (exact) mass is 178 g/mol. The molecule has 0 heterocycles. The maximum atomic E-state index is 9.65. The number of allylic oxidation sites excluding steroid dienone is 1. The van der Waals surface area contributed by atoms with Crippen molar-refractivity contribution in [2.75, 3.05) is 0 Å². The molecule has 0 aliphatic heterocycles. The summed E-state index contributed by atoms with van der Waals surface area (Å²) in [6.07, 6.45) is 1.70. The Morgan fingerprint density at radius 1 is 2.00 bits per heavy atom. The van der Waals surface area contributed by atoms with E-state index in [1.165, 1.54) is 0 Å². The zero-order valence-electron chi connectivity index (χ0n) is 2.98. The van der Waals surface area contributed by atoms with Gasteiger partial charge in [-0.1, -0.05) is 0 Å². The maximum absolute atomic E-state index is 9.65. The molecular formula is C3H6OSn. The Hall–Kier alpha value is 0.339. The van der Waals surface area contributed by atoms with Gasteiger partial charge in [0.2, 0.25) is 0 Å². The van der Waals surface area contributed by atoms with Crippen LogP contribution in [0.3, 0.4) is 0 Å². The summed E-state index contributed by atoms with van der Waals surface area (Å²) < 4.78 is 10.4. The minimum absolute atomic E-state index is 0.787. The third-order valence-corrected chi connectivity index (χ3v) is 1.76. The van der Waals surface area contributed by atoms with Gasteiger partial charge in [-0.05, 0) is 0 Å². The van der Waals surface area contributed by atoms with Crippen LogP contribution in [-0.4, -0.2) is 21.1 Å². The second-order valence-corrected chi connectivity index (χ2v) is 2.99. The molecular weight excluding hydrogens is 171 g/mol. The van der Waals surface area contributed by atoms with Crippen LogP contribution in [0.25, 0.3) is 0 Å². The molecule has 0 aliphatic carbocycles. The summed E-state index contributed by atoms with van der Waals surface area (Å²) in [4.78, 5) is 0. The van der Waals surface area contributed by atoms with Crippen molar-refractivity contribution in [3.05, 3.63) is 12.7 Å². The van der Waals surface area contributed by atoms with Crippen molar-refractivity contribution in [1.82, 2.24) is 0 Å². The van der Waals surface area contributed by atoms with Crippen molar-refractivity contribution in [1.29, 1.82) is 0 Å². The Kier molecular flexibility index (Phi) is 4.63. The molecule has 0 aromatic rings. The van der Waals surface area contributed by atoms with Gasteiger partial charge in [0.25, 0.3) is 0 Å². The van der Waals surface area contributed by atoms with Crippen LogP contribution < -0.4 is 0 Å². The third kappa shape index (κ3) is 4.34. The summed E-state index contributed by atoms with van der Waals surface area (Å²) in [6, 6.07) is 0. The Balaban J connectivity index is 2.65. The molecule has 0 radical (unpaired) electrons. The van der Waals surface area contributed by atoms with Crippen LogP contribution in [0.2, 0.25) is 4.44 Å². The van der Waals surface area contributed by atoms with Gasteiger partial charge in [-0.2, -0.15) is 0 Å². The fourth-order valence-electron chi connectivity index (χ4n) is 0.0680. The molecule has 0 N–H and O–H groups in total.